The van der Waals surface area contributed by atoms with Gasteiger partial charge >= 0.3 is 18.2 Å². The number of ether oxygens (including phenoxy) is 1. The van der Waals surface area contributed by atoms with Gasteiger partial charge in [0.25, 0.3) is 5.91 Å². The lowest BCUT2D eigenvalue weighted by Crippen LogP contribution is -2.67. The lowest BCUT2D eigenvalue weighted by molar-refractivity contribution is -0.194. The molecule has 1 unspecified atom stereocenters. The van der Waals surface area contributed by atoms with Crippen molar-refractivity contribution in [3.05, 3.63) is 35.9 Å². The van der Waals surface area contributed by atoms with Gasteiger partial charge in [-0.1, -0.05) is 30.3 Å². The van der Waals surface area contributed by atoms with E-state index in [0.717, 1.165) is 6.92 Å². The SMILES string of the molecule is C[C@H](NC(=O)[C@H](C)NC(=O)[C@H](C)NC(=O)C(C)(NC(=O)OCc1ccccc1)C(F)(F)F)C(=O)O. The van der Waals surface area contributed by atoms with Gasteiger partial charge in [-0.3, -0.25) is 24.5 Å². The number of amides is 4. The van der Waals surface area contributed by atoms with Crippen molar-refractivity contribution in [3.8, 4) is 0 Å². The zero-order valence-electron chi connectivity index (χ0n) is 19.4. The number of carboxylic acid groups (broad SMARTS) is 1. The average Bonchev–Trinajstić information content (AvgIpc) is 2.77. The van der Waals surface area contributed by atoms with E-state index in [0.29, 0.717) is 12.5 Å². The molecule has 0 saturated heterocycles. The van der Waals surface area contributed by atoms with E-state index in [1.165, 1.54) is 19.2 Å². The first kappa shape index (κ1) is 29.2. The van der Waals surface area contributed by atoms with Gasteiger partial charge < -0.3 is 25.8 Å². The predicted molar refractivity (Wildman–Crippen MR) is 115 cm³/mol. The van der Waals surface area contributed by atoms with E-state index in [-0.39, 0.29) is 6.61 Å². The van der Waals surface area contributed by atoms with Gasteiger partial charge in [-0.15, -0.1) is 0 Å². The molecule has 1 rings (SSSR count). The van der Waals surface area contributed by atoms with E-state index < -0.39 is 59.6 Å². The van der Waals surface area contributed by atoms with E-state index in [2.05, 4.69) is 10.6 Å². The number of alkyl halides is 3. The first-order valence-corrected chi connectivity index (χ1v) is 10.3. The third kappa shape index (κ3) is 8.46. The van der Waals surface area contributed by atoms with Crippen LogP contribution in [0.15, 0.2) is 30.3 Å². The second-order valence-corrected chi connectivity index (χ2v) is 7.80. The van der Waals surface area contributed by atoms with Gasteiger partial charge in [0.05, 0.1) is 0 Å². The minimum absolute atomic E-state index is 0.346. The zero-order chi connectivity index (χ0) is 27.0. The lowest BCUT2D eigenvalue weighted by Gasteiger charge is -2.32. The summed E-state index contributed by atoms with van der Waals surface area (Å²) in [6, 6.07) is 4.04. The highest BCUT2D eigenvalue weighted by molar-refractivity contribution is 5.96. The van der Waals surface area contributed by atoms with Crippen molar-refractivity contribution < 1.29 is 47.0 Å². The van der Waals surface area contributed by atoms with E-state index in [1.54, 1.807) is 30.3 Å². The normalized spacial score (nSPS) is 15.4. The molecule has 11 nitrogen and oxygen atoms in total. The summed E-state index contributed by atoms with van der Waals surface area (Å²) >= 11 is 0. The van der Waals surface area contributed by atoms with Crippen LogP contribution in [0.4, 0.5) is 18.0 Å². The fraction of sp³-hybridized carbons (Fsp3) is 0.476. The number of nitrogens with one attached hydrogen (secondary N) is 4. The summed E-state index contributed by atoms with van der Waals surface area (Å²) in [5.74, 6) is -4.96. The summed E-state index contributed by atoms with van der Waals surface area (Å²) in [5, 5.41) is 16.4. The third-order valence-electron chi connectivity index (χ3n) is 4.81. The molecule has 1 aromatic rings. The average molecular weight is 504 g/mol. The minimum atomic E-state index is -5.26. The highest BCUT2D eigenvalue weighted by atomic mass is 19.4. The van der Waals surface area contributed by atoms with Crippen molar-refractivity contribution in [1.29, 1.82) is 0 Å². The maximum atomic E-state index is 13.7. The van der Waals surface area contributed by atoms with Gasteiger partial charge in [-0.2, -0.15) is 13.2 Å². The molecule has 0 radical (unpaired) electrons. The molecule has 4 amide bonds. The van der Waals surface area contributed by atoms with Crippen molar-refractivity contribution in [2.24, 2.45) is 0 Å². The van der Waals surface area contributed by atoms with Crippen molar-refractivity contribution >= 4 is 29.8 Å². The van der Waals surface area contributed by atoms with Crippen LogP contribution in [0.3, 0.4) is 0 Å². The van der Waals surface area contributed by atoms with Crippen molar-refractivity contribution in [2.45, 2.75) is 64.1 Å². The molecule has 0 aromatic heterocycles. The fourth-order valence-corrected chi connectivity index (χ4v) is 2.43. The van der Waals surface area contributed by atoms with E-state index in [9.17, 15) is 37.1 Å². The van der Waals surface area contributed by atoms with Gasteiger partial charge in [0.1, 0.15) is 24.7 Å². The van der Waals surface area contributed by atoms with Crippen LogP contribution in [0.25, 0.3) is 0 Å². The molecular formula is C21H27F3N4O7. The number of hydrogen-bond acceptors (Lipinski definition) is 6. The van der Waals surface area contributed by atoms with Crippen LogP contribution in [-0.4, -0.2) is 64.7 Å². The highest BCUT2D eigenvalue weighted by Crippen LogP contribution is 2.30. The number of carbonyl (C=O) groups is 5. The summed E-state index contributed by atoms with van der Waals surface area (Å²) in [7, 11) is 0. The third-order valence-corrected chi connectivity index (χ3v) is 4.81. The standard InChI is InChI=1S/C21H27F3N4O7/c1-11(15(29)26-13(3)17(31)32)25-16(30)12(2)27-18(33)20(4,21(22,23)24)28-19(34)35-10-14-8-6-5-7-9-14/h5-9,11-13H,10H2,1-4H3,(H,25,30)(H,26,29)(H,27,33)(H,28,34)(H,31,32)/t11-,12-,13-,20?/m0/s1. The number of carboxylic acids is 1. The number of benzene rings is 1. The topological polar surface area (TPSA) is 163 Å². The second-order valence-electron chi connectivity index (χ2n) is 7.80. The number of hydrogen-bond donors (Lipinski definition) is 5. The van der Waals surface area contributed by atoms with E-state index in [1.807, 2.05) is 5.32 Å². The van der Waals surface area contributed by atoms with Crippen molar-refractivity contribution in [2.75, 3.05) is 0 Å². The van der Waals surface area contributed by atoms with Gasteiger partial charge in [0, 0.05) is 0 Å². The molecule has 0 aliphatic rings. The molecule has 0 fully saturated rings. The molecule has 0 aliphatic carbocycles. The first-order chi connectivity index (χ1) is 16.1. The molecule has 0 aliphatic heterocycles. The number of aliphatic carboxylic acids is 1. The van der Waals surface area contributed by atoms with Gasteiger partial charge in [-0.05, 0) is 33.3 Å². The molecule has 0 heterocycles. The lowest BCUT2D eigenvalue weighted by atomic mass is 10.00. The monoisotopic (exact) mass is 504 g/mol. The Bertz CT molecular complexity index is 943. The summed E-state index contributed by atoms with van der Waals surface area (Å²) in [4.78, 5) is 59.4. The quantitative estimate of drug-likeness (QED) is 0.315. The number of alkyl carbamates (subject to hydrolysis) is 1. The first-order valence-electron chi connectivity index (χ1n) is 10.3. The number of carbonyl (C=O) groups excluding carboxylic acids is 4. The maximum Gasteiger partial charge on any atom is 0.420 e. The van der Waals surface area contributed by atoms with Gasteiger partial charge in [0.2, 0.25) is 17.4 Å². The van der Waals surface area contributed by atoms with Crippen LogP contribution < -0.4 is 21.3 Å². The smallest absolute Gasteiger partial charge is 0.420 e. The predicted octanol–water partition coefficient (Wildman–Crippen LogP) is 0.833. The Morgan fingerprint density at radius 3 is 1.86 bits per heavy atom. The molecule has 194 valence electrons. The van der Waals surface area contributed by atoms with E-state index in [4.69, 9.17) is 9.84 Å². The molecule has 5 N–H and O–H groups in total. The van der Waals surface area contributed by atoms with Crippen LogP contribution in [0.5, 0.6) is 0 Å². The zero-order valence-corrected chi connectivity index (χ0v) is 19.4. The van der Waals surface area contributed by atoms with Crippen LogP contribution in [-0.2, 0) is 30.5 Å². The van der Waals surface area contributed by atoms with Crippen LogP contribution in [0, 0.1) is 0 Å². The number of halogens is 3. The Morgan fingerprint density at radius 1 is 0.886 bits per heavy atom. The molecule has 1 aromatic carbocycles. The number of rotatable bonds is 10. The molecule has 0 saturated carbocycles. The summed E-state index contributed by atoms with van der Waals surface area (Å²) in [5.41, 5.74) is -2.95. The Morgan fingerprint density at radius 2 is 1.37 bits per heavy atom. The van der Waals surface area contributed by atoms with Crippen LogP contribution in [0.1, 0.15) is 33.3 Å². The molecule has 35 heavy (non-hydrogen) atoms. The Kier molecular flexibility index (Phi) is 10.0. The minimum Gasteiger partial charge on any atom is -0.480 e. The summed E-state index contributed by atoms with van der Waals surface area (Å²) < 4.78 is 45.9. The van der Waals surface area contributed by atoms with Gasteiger partial charge in [0.15, 0.2) is 0 Å². The Hall–Kier alpha value is -3.84. The van der Waals surface area contributed by atoms with Crippen LogP contribution >= 0.6 is 0 Å². The van der Waals surface area contributed by atoms with E-state index >= 15 is 0 Å². The summed E-state index contributed by atoms with van der Waals surface area (Å²) in [6.07, 6.45) is -6.78. The second kappa shape index (κ2) is 12.0. The molecular weight excluding hydrogens is 477 g/mol. The Balaban J connectivity index is 2.79. The van der Waals surface area contributed by atoms with Crippen molar-refractivity contribution in [1.82, 2.24) is 21.3 Å². The Labute approximate surface area is 198 Å². The van der Waals surface area contributed by atoms with Crippen LogP contribution in [0.2, 0.25) is 0 Å². The molecule has 4 atom stereocenters. The summed E-state index contributed by atoms with van der Waals surface area (Å²) in [6.45, 7) is 3.51. The molecule has 0 bridgehead atoms. The van der Waals surface area contributed by atoms with Crippen molar-refractivity contribution in [3.63, 3.8) is 0 Å². The van der Waals surface area contributed by atoms with Gasteiger partial charge in [-0.25, -0.2) is 4.79 Å². The largest absolute Gasteiger partial charge is 0.480 e. The maximum absolute atomic E-state index is 13.7. The molecule has 14 heteroatoms. The fourth-order valence-electron chi connectivity index (χ4n) is 2.43. The highest BCUT2D eigenvalue weighted by Gasteiger charge is 2.58. The molecule has 0 spiro atoms.